The maximum Gasteiger partial charge on any atom is 0.246 e. The lowest BCUT2D eigenvalue weighted by Crippen LogP contribution is -2.27. The Morgan fingerprint density at radius 3 is 2.92 bits per heavy atom. The molecule has 1 fully saturated rings. The second-order valence-electron chi connectivity index (χ2n) is 6.36. The molecule has 3 heterocycles. The molecule has 3 aromatic heterocycles. The predicted molar refractivity (Wildman–Crippen MR) is 98.3 cm³/mol. The van der Waals surface area contributed by atoms with Gasteiger partial charge in [-0.05, 0) is 37.1 Å². The number of aromatic amines is 2. The molecule has 0 spiro atoms. The number of nitrogens with one attached hydrogen (secondary N) is 3. The molecule has 130 valence electrons. The van der Waals surface area contributed by atoms with Crippen molar-refractivity contribution in [3.05, 3.63) is 48.4 Å². The van der Waals surface area contributed by atoms with Crippen LogP contribution in [0.3, 0.4) is 0 Å². The molecule has 9 heteroatoms. The summed E-state index contributed by atoms with van der Waals surface area (Å²) in [5.74, 6) is 8.59. The molecule has 1 aromatic carbocycles. The molecule has 0 atom stereocenters. The number of hydrazine groups is 1. The Morgan fingerprint density at radius 2 is 2.04 bits per heavy atom. The smallest absolute Gasteiger partial charge is 0.246 e. The second kappa shape index (κ2) is 5.81. The maximum atomic E-state index is 6.22. The molecular formula is C17H17N9. The monoisotopic (exact) mass is 347 g/mol. The van der Waals surface area contributed by atoms with Crippen LogP contribution in [0, 0.1) is 0 Å². The third-order valence-corrected chi connectivity index (χ3v) is 4.43. The number of H-pyrrole nitrogens is 2. The van der Waals surface area contributed by atoms with Crippen LogP contribution in [-0.4, -0.2) is 30.4 Å². The molecule has 9 nitrogen and oxygen atoms in total. The van der Waals surface area contributed by atoms with E-state index in [4.69, 9.17) is 5.84 Å². The number of benzene rings is 1. The molecule has 0 unspecified atom stereocenters. The molecule has 4 aromatic rings. The van der Waals surface area contributed by atoms with Crippen molar-refractivity contribution in [1.29, 1.82) is 0 Å². The summed E-state index contributed by atoms with van der Waals surface area (Å²) in [5, 5.41) is 19.9. The quantitative estimate of drug-likeness (QED) is 0.323. The highest BCUT2D eigenvalue weighted by molar-refractivity contribution is 5.82. The van der Waals surface area contributed by atoms with Gasteiger partial charge in [0.2, 0.25) is 5.95 Å². The van der Waals surface area contributed by atoms with Crippen LogP contribution >= 0.6 is 0 Å². The molecule has 0 bridgehead atoms. The first kappa shape index (κ1) is 14.8. The normalized spacial score (nSPS) is 13.9. The molecule has 26 heavy (non-hydrogen) atoms. The summed E-state index contributed by atoms with van der Waals surface area (Å²) in [4.78, 5) is 8.75. The third-order valence-electron chi connectivity index (χ3n) is 4.43. The number of hydrogen-bond acceptors (Lipinski definition) is 7. The van der Waals surface area contributed by atoms with Gasteiger partial charge in [-0.25, -0.2) is 15.8 Å². The van der Waals surface area contributed by atoms with Gasteiger partial charge in [0, 0.05) is 29.3 Å². The maximum absolute atomic E-state index is 6.22. The fourth-order valence-electron chi connectivity index (χ4n) is 2.86. The highest BCUT2D eigenvalue weighted by Crippen LogP contribution is 2.39. The SMILES string of the molecule is NN(c1ccc2[nH]ncc2c1)c1nccc(Nc2cc(C3CC3)[nH]n2)n1. The Morgan fingerprint density at radius 1 is 1.12 bits per heavy atom. The minimum Gasteiger partial charge on any atom is -0.323 e. The molecule has 1 aliphatic rings. The minimum atomic E-state index is 0.385. The van der Waals surface area contributed by atoms with Gasteiger partial charge >= 0.3 is 0 Å². The molecule has 0 radical (unpaired) electrons. The van der Waals surface area contributed by atoms with E-state index in [1.54, 1.807) is 18.5 Å². The van der Waals surface area contributed by atoms with Crippen LogP contribution in [0.4, 0.5) is 23.3 Å². The van der Waals surface area contributed by atoms with Crippen molar-refractivity contribution in [2.75, 3.05) is 10.3 Å². The molecule has 0 saturated heterocycles. The molecule has 1 saturated carbocycles. The van der Waals surface area contributed by atoms with E-state index in [2.05, 4.69) is 35.7 Å². The zero-order valence-electron chi connectivity index (χ0n) is 13.8. The van der Waals surface area contributed by atoms with Crippen LogP contribution in [0.25, 0.3) is 10.9 Å². The van der Waals surface area contributed by atoms with E-state index in [-0.39, 0.29) is 0 Å². The van der Waals surface area contributed by atoms with Crippen LogP contribution in [-0.2, 0) is 0 Å². The van der Waals surface area contributed by atoms with Crippen LogP contribution in [0.5, 0.6) is 0 Å². The average molecular weight is 347 g/mol. The van der Waals surface area contributed by atoms with Crippen molar-refractivity contribution in [3.8, 4) is 0 Å². The lowest BCUT2D eigenvalue weighted by Gasteiger charge is -2.17. The van der Waals surface area contributed by atoms with E-state index < -0.39 is 0 Å². The average Bonchev–Trinajstić information content (AvgIpc) is 3.23. The minimum absolute atomic E-state index is 0.385. The number of anilines is 4. The number of nitrogens with two attached hydrogens (primary N) is 1. The van der Waals surface area contributed by atoms with Crippen molar-refractivity contribution in [1.82, 2.24) is 30.4 Å². The molecule has 0 amide bonds. The first-order valence-electron chi connectivity index (χ1n) is 8.39. The lowest BCUT2D eigenvalue weighted by molar-refractivity contribution is 0.963. The fraction of sp³-hybridized carbons (Fsp3) is 0.176. The zero-order valence-corrected chi connectivity index (χ0v) is 13.8. The van der Waals surface area contributed by atoms with Gasteiger partial charge in [0.15, 0.2) is 5.82 Å². The van der Waals surface area contributed by atoms with Crippen LogP contribution < -0.4 is 16.2 Å². The van der Waals surface area contributed by atoms with Crippen LogP contribution in [0.1, 0.15) is 24.5 Å². The van der Waals surface area contributed by atoms with Gasteiger partial charge in [-0.3, -0.25) is 10.2 Å². The number of hydrogen-bond donors (Lipinski definition) is 4. The highest BCUT2D eigenvalue weighted by atomic mass is 15.5. The van der Waals surface area contributed by atoms with Gasteiger partial charge in [0.25, 0.3) is 0 Å². The Labute approximate surface area is 148 Å². The Bertz CT molecular complexity index is 1060. The molecule has 5 N–H and O–H groups in total. The van der Waals surface area contributed by atoms with Crippen molar-refractivity contribution < 1.29 is 0 Å². The number of fused-ring (bicyclic) bond motifs is 1. The van der Waals surface area contributed by atoms with Gasteiger partial charge < -0.3 is 5.32 Å². The first-order chi connectivity index (χ1) is 12.8. The van der Waals surface area contributed by atoms with E-state index in [1.165, 1.54) is 17.9 Å². The summed E-state index contributed by atoms with van der Waals surface area (Å²) >= 11 is 0. The topological polar surface area (TPSA) is 124 Å². The highest BCUT2D eigenvalue weighted by Gasteiger charge is 2.25. The summed E-state index contributed by atoms with van der Waals surface area (Å²) in [6, 6.07) is 9.54. The second-order valence-corrected chi connectivity index (χ2v) is 6.36. The molecular weight excluding hydrogens is 330 g/mol. The number of nitrogens with zero attached hydrogens (tertiary/aromatic N) is 5. The zero-order chi connectivity index (χ0) is 17.5. The first-order valence-corrected chi connectivity index (χ1v) is 8.39. The standard InChI is InChI=1S/C17H17N9/c18-26(12-3-4-13-11(7-12)9-20-23-13)17-19-6-5-15(22-17)21-16-8-14(24-25-16)10-1-2-10/h3-10H,1-2,18H2,(H,20,23)(H2,19,21,22,24,25). The summed E-state index contributed by atoms with van der Waals surface area (Å²) in [7, 11) is 0. The van der Waals surface area contributed by atoms with Gasteiger partial charge in [-0.15, -0.1) is 0 Å². The van der Waals surface area contributed by atoms with Gasteiger partial charge in [0.05, 0.1) is 17.4 Å². The van der Waals surface area contributed by atoms with E-state index in [0.29, 0.717) is 17.7 Å². The molecule has 5 rings (SSSR count). The molecule has 0 aliphatic heterocycles. The summed E-state index contributed by atoms with van der Waals surface area (Å²) in [5.41, 5.74) is 2.88. The lowest BCUT2D eigenvalue weighted by atomic mass is 10.2. The van der Waals surface area contributed by atoms with Gasteiger partial charge in [-0.1, -0.05) is 0 Å². The van der Waals surface area contributed by atoms with Gasteiger partial charge in [-0.2, -0.15) is 15.2 Å². The Kier molecular flexibility index (Phi) is 3.32. The summed E-state index contributed by atoms with van der Waals surface area (Å²) in [6.07, 6.45) is 5.86. The summed E-state index contributed by atoms with van der Waals surface area (Å²) < 4.78 is 0. The van der Waals surface area contributed by atoms with E-state index >= 15 is 0 Å². The van der Waals surface area contributed by atoms with Crippen LogP contribution in [0.2, 0.25) is 0 Å². The number of aromatic nitrogens is 6. The van der Waals surface area contributed by atoms with Crippen LogP contribution in [0.15, 0.2) is 42.7 Å². The van der Waals surface area contributed by atoms with Crippen molar-refractivity contribution in [2.24, 2.45) is 5.84 Å². The van der Waals surface area contributed by atoms with Crippen molar-refractivity contribution >= 4 is 34.2 Å². The summed E-state index contributed by atoms with van der Waals surface area (Å²) in [6.45, 7) is 0. The molecule has 1 aliphatic carbocycles. The largest absolute Gasteiger partial charge is 0.323 e. The Hall–Kier alpha value is -3.46. The van der Waals surface area contributed by atoms with Crippen molar-refractivity contribution in [3.63, 3.8) is 0 Å². The third kappa shape index (κ3) is 2.74. The Balaban J connectivity index is 1.39. The van der Waals surface area contributed by atoms with E-state index in [9.17, 15) is 0 Å². The van der Waals surface area contributed by atoms with E-state index in [1.807, 2.05) is 24.3 Å². The van der Waals surface area contributed by atoms with Gasteiger partial charge in [0.1, 0.15) is 5.82 Å². The van der Waals surface area contributed by atoms with Crippen molar-refractivity contribution in [2.45, 2.75) is 18.8 Å². The van der Waals surface area contributed by atoms with E-state index in [0.717, 1.165) is 28.1 Å². The fourth-order valence-corrected chi connectivity index (χ4v) is 2.86. The number of rotatable bonds is 5. The predicted octanol–water partition coefficient (Wildman–Crippen LogP) is 2.71.